The van der Waals surface area contributed by atoms with Crippen LogP contribution in [0.1, 0.15) is 34.6 Å². The van der Waals surface area contributed by atoms with E-state index in [1.165, 1.54) is 7.11 Å². The van der Waals surface area contributed by atoms with Crippen molar-refractivity contribution in [1.82, 2.24) is 9.80 Å². The smallest absolute Gasteiger partial charge is 0.410 e. The fourth-order valence-corrected chi connectivity index (χ4v) is 2.36. The molecule has 0 saturated carbocycles. The van der Waals surface area contributed by atoms with Crippen molar-refractivity contribution in [3.8, 4) is 0 Å². The maximum atomic E-state index is 12.1. The van der Waals surface area contributed by atoms with Gasteiger partial charge in [-0.1, -0.05) is 0 Å². The van der Waals surface area contributed by atoms with E-state index in [-0.39, 0.29) is 30.7 Å². The standard InChI is InChI=1S/C14H26N2O4/c1-10-7-15(13(18)20-14(3,4)5)8-11(2)16(10)9-12(17)19-6/h10-11H,7-9H2,1-6H3/t10-,11?/m0/s1. The Morgan fingerprint density at radius 1 is 1.15 bits per heavy atom. The quantitative estimate of drug-likeness (QED) is 0.720. The summed E-state index contributed by atoms with van der Waals surface area (Å²) in [4.78, 5) is 27.2. The summed E-state index contributed by atoms with van der Waals surface area (Å²) < 4.78 is 10.1. The van der Waals surface area contributed by atoms with Crippen molar-refractivity contribution < 1.29 is 19.1 Å². The van der Waals surface area contributed by atoms with E-state index >= 15 is 0 Å². The minimum absolute atomic E-state index is 0.0883. The third-order valence-corrected chi connectivity index (χ3v) is 3.29. The van der Waals surface area contributed by atoms with Crippen molar-refractivity contribution in [3.05, 3.63) is 0 Å². The molecule has 0 aliphatic carbocycles. The molecule has 6 heteroatoms. The number of carbonyl (C=O) groups excluding carboxylic acids is 2. The number of amides is 1. The van der Waals surface area contributed by atoms with Crippen molar-refractivity contribution in [3.63, 3.8) is 0 Å². The van der Waals surface area contributed by atoms with Crippen LogP contribution in [0.25, 0.3) is 0 Å². The number of nitrogens with zero attached hydrogens (tertiary/aromatic N) is 2. The van der Waals surface area contributed by atoms with Crippen molar-refractivity contribution >= 4 is 12.1 Å². The first-order valence-electron chi connectivity index (χ1n) is 6.94. The van der Waals surface area contributed by atoms with Gasteiger partial charge in [0.2, 0.25) is 0 Å². The lowest BCUT2D eigenvalue weighted by atomic mass is 10.1. The molecule has 0 aromatic heterocycles. The minimum Gasteiger partial charge on any atom is -0.468 e. The fraction of sp³-hybridized carbons (Fsp3) is 0.857. The van der Waals surface area contributed by atoms with Crippen LogP contribution < -0.4 is 0 Å². The van der Waals surface area contributed by atoms with Gasteiger partial charge in [0.1, 0.15) is 5.60 Å². The van der Waals surface area contributed by atoms with Crippen LogP contribution in [-0.2, 0) is 14.3 Å². The third kappa shape index (κ3) is 4.67. The lowest BCUT2D eigenvalue weighted by Crippen LogP contribution is -2.59. The number of carbonyl (C=O) groups is 2. The Balaban J connectivity index is 2.63. The van der Waals surface area contributed by atoms with Crippen LogP contribution in [0.4, 0.5) is 4.79 Å². The molecule has 0 aromatic rings. The maximum absolute atomic E-state index is 12.1. The summed E-state index contributed by atoms with van der Waals surface area (Å²) in [5.41, 5.74) is -0.493. The molecule has 2 atom stereocenters. The van der Waals surface area contributed by atoms with Crippen LogP contribution in [0.2, 0.25) is 0 Å². The highest BCUT2D eigenvalue weighted by Crippen LogP contribution is 2.18. The van der Waals surface area contributed by atoms with Crippen LogP contribution in [0.3, 0.4) is 0 Å². The fourth-order valence-electron chi connectivity index (χ4n) is 2.36. The Kier molecular flexibility index (Phi) is 5.39. The van der Waals surface area contributed by atoms with Crippen LogP contribution in [0.15, 0.2) is 0 Å². The zero-order chi connectivity index (χ0) is 15.5. The number of hydrogen-bond acceptors (Lipinski definition) is 5. The molecule has 6 nitrogen and oxygen atoms in total. The van der Waals surface area contributed by atoms with Gasteiger partial charge in [0.15, 0.2) is 0 Å². The normalized spacial score (nSPS) is 24.4. The van der Waals surface area contributed by atoms with Gasteiger partial charge >= 0.3 is 12.1 Å². The van der Waals surface area contributed by atoms with Gasteiger partial charge in [-0.15, -0.1) is 0 Å². The summed E-state index contributed by atoms with van der Waals surface area (Å²) in [7, 11) is 1.38. The molecule has 116 valence electrons. The number of methoxy groups -OCH3 is 1. The molecule has 1 aliphatic rings. The van der Waals surface area contributed by atoms with Gasteiger partial charge in [-0.3, -0.25) is 9.69 Å². The molecule has 1 aliphatic heterocycles. The number of rotatable bonds is 2. The van der Waals surface area contributed by atoms with E-state index in [1.54, 1.807) is 4.90 Å². The molecule has 1 fully saturated rings. The Morgan fingerprint density at radius 3 is 2.05 bits per heavy atom. The highest BCUT2D eigenvalue weighted by molar-refractivity contribution is 5.72. The van der Waals surface area contributed by atoms with E-state index in [4.69, 9.17) is 9.47 Å². The summed E-state index contributed by atoms with van der Waals surface area (Å²) in [6.07, 6.45) is -0.297. The van der Waals surface area contributed by atoms with Crippen molar-refractivity contribution in [2.45, 2.75) is 52.3 Å². The first-order chi connectivity index (χ1) is 9.14. The van der Waals surface area contributed by atoms with Gasteiger partial charge < -0.3 is 14.4 Å². The van der Waals surface area contributed by atoms with E-state index in [1.807, 2.05) is 39.5 Å². The van der Waals surface area contributed by atoms with Crippen LogP contribution in [-0.4, -0.2) is 66.3 Å². The molecule has 1 rings (SSSR count). The van der Waals surface area contributed by atoms with Gasteiger partial charge in [0.25, 0.3) is 0 Å². The third-order valence-electron chi connectivity index (χ3n) is 3.29. The number of esters is 1. The van der Waals surface area contributed by atoms with Gasteiger partial charge in [-0.05, 0) is 34.6 Å². The summed E-state index contributed by atoms with van der Waals surface area (Å²) in [6, 6.07) is 0.177. The molecule has 20 heavy (non-hydrogen) atoms. The van der Waals surface area contributed by atoms with E-state index in [0.717, 1.165) is 0 Å². The Morgan fingerprint density at radius 2 is 1.65 bits per heavy atom. The SMILES string of the molecule is COC(=O)CN1C(C)CN(C(=O)OC(C)(C)C)C[C@@H]1C. The topological polar surface area (TPSA) is 59.1 Å². The molecule has 1 unspecified atom stereocenters. The summed E-state index contributed by atoms with van der Waals surface area (Å²) >= 11 is 0. The molecular weight excluding hydrogens is 260 g/mol. The first-order valence-corrected chi connectivity index (χ1v) is 6.94. The van der Waals surface area contributed by atoms with Crippen molar-refractivity contribution in [2.24, 2.45) is 0 Å². The van der Waals surface area contributed by atoms with Gasteiger partial charge in [-0.25, -0.2) is 4.79 Å². The van der Waals surface area contributed by atoms with E-state index in [2.05, 4.69) is 0 Å². The lowest BCUT2D eigenvalue weighted by Gasteiger charge is -2.43. The highest BCUT2D eigenvalue weighted by Gasteiger charge is 2.34. The van der Waals surface area contributed by atoms with Crippen molar-refractivity contribution in [1.29, 1.82) is 0 Å². The molecule has 0 aromatic carbocycles. The number of piperazine rings is 1. The molecule has 0 bridgehead atoms. The van der Waals surface area contributed by atoms with E-state index in [0.29, 0.717) is 13.1 Å². The maximum Gasteiger partial charge on any atom is 0.410 e. The summed E-state index contributed by atoms with van der Waals surface area (Å²) in [5.74, 6) is -0.255. The average Bonchev–Trinajstić information content (AvgIpc) is 2.31. The molecule has 0 radical (unpaired) electrons. The van der Waals surface area contributed by atoms with Crippen LogP contribution >= 0.6 is 0 Å². The van der Waals surface area contributed by atoms with E-state index < -0.39 is 5.60 Å². The second kappa shape index (κ2) is 6.43. The van der Waals surface area contributed by atoms with E-state index in [9.17, 15) is 9.59 Å². The second-order valence-electron chi connectivity index (χ2n) is 6.33. The minimum atomic E-state index is -0.493. The predicted octanol–water partition coefficient (Wildman–Crippen LogP) is 1.49. The Bertz CT molecular complexity index is 353. The lowest BCUT2D eigenvalue weighted by molar-refractivity contribution is -0.144. The zero-order valence-corrected chi connectivity index (χ0v) is 13.3. The number of ether oxygens (including phenoxy) is 2. The van der Waals surface area contributed by atoms with Crippen LogP contribution in [0, 0.1) is 0 Å². The van der Waals surface area contributed by atoms with Gasteiger partial charge in [0, 0.05) is 25.2 Å². The van der Waals surface area contributed by atoms with Crippen molar-refractivity contribution in [2.75, 3.05) is 26.7 Å². The van der Waals surface area contributed by atoms with Gasteiger partial charge in [-0.2, -0.15) is 0 Å². The molecule has 0 spiro atoms. The predicted molar refractivity (Wildman–Crippen MR) is 75.5 cm³/mol. The Labute approximate surface area is 121 Å². The highest BCUT2D eigenvalue weighted by atomic mass is 16.6. The molecule has 0 N–H and O–H groups in total. The summed E-state index contributed by atoms with van der Waals surface area (Å²) in [5, 5.41) is 0. The molecule has 1 saturated heterocycles. The largest absolute Gasteiger partial charge is 0.468 e. The first kappa shape index (κ1) is 16.8. The molecular formula is C14H26N2O4. The monoisotopic (exact) mass is 286 g/mol. The number of hydrogen-bond donors (Lipinski definition) is 0. The molecule has 1 amide bonds. The Hall–Kier alpha value is -1.30. The summed E-state index contributed by atoms with van der Waals surface area (Å²) in [6.45, 7) is 10.9. The second-order valence-corrected chi connectivity index (χ2v) is 6.33. The van der Waals surface area contributed by atoms with Gasteiger partial charge in [0.05, 0.1) is 13.7 Å². The average molecular weight is 286 g/mol. The zero-order valence-electron chi connectivity index (χ0n) is 13.3. The molecule has 1 heterocycles. The van der Waals surface area contributed by atoms with Crippen LogP contribution in [0.5, 0.6) is 0 Å².